The molecule has 25 heavy (non-hydrogen) atoms. The molecule has 4 nitrogen and oxygen atoms in total. The third-order valence-corrected chi connectivity index (χ3v) is 5.36. The number of rotatable bonds is 4. The van der Waals surface area contributed by atoms with Crippen molar-refractivity contribution < 1.29 is 4.79 Å². The summed E-state index contributed by atoms with van der Waals surface area (Å²) in [4.78, 5) is 23.7. The zero-order valence-electron chi connectivity index (χ0n) is 14.1. The summed E-state index contributed by atoms with van der Waals surface area (Å²) in [7, 11) is 0. The molecule has 1 amide bonds. The third-order valence-electron chi connectivity index (χ3n) is 4.47. The van der Waals surface area contributed by atoms with Crippen molar-refractivity contribution in [3.63, 3.8) is 0 Å². The number of fused-ring (bicyclic) bond motifs is 1. The van der Waals surface area contributed by atoms with Gasteiger partial charge >= 0.3 is 0 Å². The van der Waals surface area contributed by atoms with Gasteiger partial charge in [0.25, 0.3) is 0 Å². The van der Waals surface area contributed by atoms with Crippen LogP contribution < -0.4 is 4.90 Å². The van der Waals surface area contributed by atoms with E-state index in [4.69, 9.17) is 0 Å². The Morgan fingerprint density at radius 3 is 2.88 bits per heavy atom. The highest BCUT2D eigenvalue weighted by Gasteiger charge is 2.30. The first kappa shape index (κ1) is 16.0. The maximum Gasteiger partial charge on any atom is 0.233 e. The molecule has 1 aliphatic rings. The number of para-hydroxylation sites is 1. The lowest BCUT2D eigenvalue weighted by molar-refractivity contribution is -0.118. The fourth-order valence-corrected chi connectivity index (χ4v) is 4.16. The van der Waals surface area contributed by atoms with Crippen molar-refractivity contribution in [3.8, 4) is 0 Å². The number of anilines is 1. The lowest BCUT2D eigenvalue weighted by Crippen LogP contribution is -2.36. The van der Waals surface area contributed by atoms with E-state index in [1.165, 1.54) is 5.56 Å². The van der Waals surface area contributed by atoms with Gasteiger partial charge in [0, 0.05) is 35.4 Å². The fourth-order valence-electron chi connectivity index (χ4n) is 3.35. The normalized spacial score (nSPS) is 16.0. The molecule has 0 N–H and O–H groups in total. The van der Waals surface area contributed by atoms with Gasteiger partial charge in [-0.1, -0.05) is 24.3 Å². The minimum absolute atomic E-state index is 0.118. The number of carbonyl (C=O) groups excluding carboxylic acids is 1. The van der Waals surface area contributed by atoms with Crippen molar-refractivity contribution in [2.24, 2.45) is 0 Å². The summed E-state index contributed by atoms with van der Waals surface area (Å²) in [5.41, 5.74) is 4.13. The van der Waals surface area contributed by atoms with E-state index in [9.17, 15) is 4.79 Å². The van der Waals surface area contributed by atoms with Crippen LogP contribution in [0, 0.1) is 0 Å². The molecule has 1 atom stereocenters. The van der Waals surface area contributed by atoms with Crippen LogP contribution in [-0.4, -0.2) is 21.9 Å². The van der Waals surface area contributed by atoms with E-state index in [0.717, 1.165) is 28.5 Å². The van der Waals surface area contributed by atoms with Gasteiger partial charge < -0.3 is 4.90 Å². The fraction of sp³-hybridized carbons (Fsp3) is 0.250. The van der Waals surface area contributed by atoms with Crippen LogP contribution >= 0.6 is 11.3 Å². The van der Waals surface area contributed by atoms with Gasteiger partial charge in [-0.25, -0.2) is 4.98 Å². The number of carbonyl (C=O) groups is 1. The van der Waals surface area contributed by atoms with Gasteiger partial charge in [0.05, 0.1) is 17.1 Å². The second-order valence-corrected chi connectivity index (χ2v) is 7.30. The molecule has 0 saturated heterocycles. The first-order valence-electron chi connectivity index (χ1n) is 8.44. The monoisotopic (exact) mass is 349 g/mol. The van der Waals surface area contributed by atoms with E-state index in [1.807, 2.05) is 46.7 Å². The molecular weight excluding hydrogens is 330 g/mol. The molecule has 0 radical (unpaired) electrons. The molecule has 0 fully saturated rings. The van der Waals surface area contributed by atoms with Crippen molar-refractivity contribution in [3.05, 3.63) is 76.0 Å². The second-order valence-electron chi connectivity index (χ2n) is 6.35. The number of nitrogens with zero attached hydrogens (tertiary/aromatic N) is 3. The highest BCUT2D eigenvalue weighted by molar-refractivity contribution is 7.09. The Hall–Kier alpha value is -2.53. The van der Waals surface area contributed by atoms with Crippen LogP contribution in [0.4, 0.5) is 5.69 Å². The van der Waals surface area contributed by atoms with E-state index < -0.39 is 0 Å². The molecule has 0 saturated carbocycles. The molecule has 1 unspecified atom stereocenters. The third kappa shape index (κ3) is 3.33. The molecule has 126 valence electrons. The number of thiazole rings is 1. The topological polar surface area (TPSA) is 46.1 Å². The molecule has 2 aromatic heterocycles. The van der Waals surface area contributed by atoms with Crippen LogP contribution in [0.2, 0.25) is 0 Å². The molecule has 5 heteroatoms. The van der Waals surface area contributed by atoms with E-state index in [-0.39, 0.29) is 11.9 Å². The standard InChI is InChI=1S/C20H19N3OS/c1-14-10-15-6-2-3-8-18(15)23(14)20(24)12-17-13-25-19(22-17)11-16-7-4-5-9-21-16/h2-9,13-14H,10-12H2,1H3. The molecule has 1 aromatic carbocycles. The van der Waals surface area contributed by atoms with E-state index in [2.05, 4.69) is 23.0 Å². The highest BCUT2D eigenvalue weighted by atomic mass is 32.1. The predicted molar refractivity (Wildman–Crippen MR) is 100.0 cm³/mol. The molecule has 0 bridgehead atoms. The first-order valence-corrected chi connectivity index (χ1v) is 9.32. The maximum absolute atomic E-state index is 12.8. The number of hydrogen-bond donors (Lipinski definition) is 0. The molecule has 4 rings (SSSR count). The summed E-state index contributed by atoms with van der Waals surface area (Å²) in [6, 6.07) is 14.2. The minimum atomic E-state index is 0.118. The molecular formula is C20H19N3OS. The van der Waals surface area contributed by atoms with Gasteiger partial charge in [-0.3, -0.25) is 9.78 Å². The SMILES string of the molecule is CC1Cc2ccccc2N1C(=O)Cc1csc(Cc2ccccn2)n1. The maximum atomic E-state index is 12.8. The average Bonchev–Trinajstić information content (AvgIpc) is 3.18. The number of amides is 1. The van der Waals surface area contributed by atoms with Gasteiger partial charge in [0.1, 0.15) is 0 Å². The molecule has 1 aliphatic heterocycles. The van der Waals surface area contributed by atoms with Crippen LogP contribution in [-0.2, 0) is 24.1 Å². The number of hydrogen-bond acceptors (Lipinski definition) is 4. The van der Waals surface area contributed by atoms with Crippen LogP contribution in [0.15, 0.2) is 54.0 Å². The van der Waals surface area contributed by atoms with Gasteiger partial charge in [0.15, 0.2) is 0 Å². The minimum Gasteiger partial charge on any atom is -0.309 e. The zero-order valence-corrected chi connectivity index (χ0v) is 14.9. The van der Waals surface area contributed by atoms with Crippen molar-refractivity contribution in [1.82, 2.24) is 9.97 Å². The number of pyridine rings is 1. The van der Waals surface area contributed by atoms with E-state index >= 15 is 0 Å². The lowest BCUT2D eigenvalue weighted by Gasteiger charge is -2.22. The van der Waals surface area contributed by atoms with Crippen LogP contribution in [0.1, 0.15) is 28.9 Å². The lowest BCUT2D eigenvalue weighted by atomic mass is 10.1. The number of aromatic nitrogens is 2. The first-order chi connectivity index (χ1) is 12.2. The summed E-state index contributed by atoms with van der Waals surface area (Å²) in [6.45, 7) is 2.10. The molecule has 3 heterocycles. The summed E-state index contributed by atoms with van der Waals surface area (Å²) in [5, 5.41) is 2.99. The summed E-state index contributed by atoms with van der Waals surface area (Å²) in [6.07, 6.45) is 3.77. The summed E-state index contributed by atoms with van der Waals surface area (Å²) < 4.78 is 0. The summed E-state index contributed by atoms with van der Waals surface area (Å²) in [5.74, 6) is 0.118. The largest absolute Gasteiger partial charge is 0.309 e. The van der Waals surface area contributed by atoms with Crippen molar-refractivity contribution in [2.45, 2.75) is 32.2 Å². The highest BCUT2D eigenvalue weighted by Crippen LogP contribution is 2.32. The molecule has 0 aliphatic carbocycles. The van der Waals surface area contributed by atoms with Gasteiger partial charge in [-0.05, 0) is 37.1 Å². The van der Waals surface area contributed by atoms with Gasteiger partial charge in [0.2, 0.25) is 5.91 Å². The Kier molecular flexibility index (Phi) is 4.32. The molecule has 0 spiro atoms. The Balaban J connectivity index is 1.47. The Labute approximate surface area is 151 Å². The van der Waals surface area contributed by atoms with Crippen molar-refractivity contribution in [1.29, 1.82) is 0 Å². The van der Waals surface area contributed by atoms with Crippen LogP contribution in [0.25, 0.3) is 0 Å². The van der Waals surface area contributed by atoms with Crippen LogP contribution in [0.3, 0.4) is 0 Å². The van der Waals surface area contributed by atoms with Gasteiger partial charge in [-0.2, -0.15) is 0 Å². The smallest absolute Gasteiger partial charge is 0.233 e. The van der Waals surface area contributed by atoms with Crippen LogP contribution in [0.5, 0.6) is 0 Å². The Bertz CT molecular complexity index is 891. The molecule has 3 aromatic rings. The number of benzene rings is 1. The zero-order chi connectivity index (χ0) is 17.2. The second kappa shape index (κ2) is 6.76. The van der Waals surface area contributed by atoms with Crippen molar-refractivity contribution >= 4 is 22.9 Å². The average molecular weight is 349 g/mol. The van der Waals surface area contributed by atoms with E-state index in [1.54, 1.807) is 17.5 Å². The Morgan fingerprint density at radius 1 is 1.20 bits per heavy atom. The predicted octanol–water partition coefficient (Wildman–Crippen LogP) is 3.65. The Morgan fingerprint density at radius 2 is 2.04 bits per heavy atom. The quantitative estimate of drug-likeness (QED) is 0.722. The van der Waals surface area contributed by atoms with Gasteiger partial charge in [-0.15, -0.1) is 11.3 Å². The van der Waals surface area contributed by atoms with Crippen molar-refractivity contribution in [2.75, 3.05) is 4.90 Å². The summed E-state index contributed by atoms with van der Waals surface area (Å²) >= 11 is 1.59. The van der Waals surface area contributed by atoms with E-state index in [0.29, 0.717) is 12.8 Å².